The van der Waals surface area contributed by atoms with Gasteiger partial charge >= 0.3 is 5.97 Å². The molecule has 2 saturated carbocycles. The van der Waals surface area contributed by atoms with Gasteiger partial charge in [0.05, 0.1) is 6.42 Å². The predicted molar refractivity (Wildman–Crippen MR) is 70.1 cm³/mol. The molecule has 4 unspecified atom stereocenters. The number of carbonyl (C=O) groups excluding carboxylic acids is 1. The minimum absolute atomic E-state index is 0.0337. The van der Waals surface area contributed by atoms with E-state index in [-0.39, 0.29) is 35.9 Å². The summed E-state index contributed by atoms with van der Waals surface area (Å²) in [5, 5.41) is 23.5. The lowest BCUT2D eigenvalue weighted by atomic mass is 9.55. The summed E-state index contributed by atoms with van der Waals surface area (Å²) in [7, 11) is 0. The average Bonchev–Trinajstić information content (AvgIpc) is 2.31. The van der Waals surface area contributed by atoms with Gasteiger partial charge in [0.15, 0.2) is 0 Å². The van der Waals surface area contributed by atoms with Gasteiger partial charge in [-0.2, -0.15) is 5.06 Å². The summed E-state index contributed by atoms with van der Waals surface area (Å²) in [6.07, 6.45) is 4.37. The van der Waals surface area contributed by atoms with Crippen LogP contribution in [-0.2, 0) is 9.59 Å². The number of carbonyl (C=O) groups is 2. The lowest BCUT2D eigenvalue weighted by Gasteiger charge is -2.64. The monoisotopic (exact) mass is 282 g/mol. The van der Waals surface area contributed by atoms with E-state index in [1.165, 1.54) is 5.06 Å². The first kappa shape index (κ1) is 13.8. The number of nitrogens with zero attached hydrogens (tertiary/aromatic N) is 1. The van der Waals surface area contributed by atoms with Gasteiger partial charge in [0.2, 0.25) is 5.91 Å². The van der Waals surface area contributed by atoms with Crippen LogP contribution in [0.3, 0.4) is 0 Å². The highest BCUT2D eigenvalue weighted by molar-refractivity contribution is 5.81. The summed E-state index contributed by atoms with van der Waals surface area (Å²) in [5.41, 5.74) is -0.487. The Kier molecular flexibility index (Phi) is 3.06. The van der Waals surface area contributed by atoms with Gasteiger partial charge in [0.1, 0.15) is 0 Å². The largest absolute Gasteiger partial charge is 0.481 e. The van der Waals surface area contributed by atoms with Gasteiger partial charge in [0.25, 0.3) is 0 Å². The van der Waals surface area contributed by atoms with E-state index in [0.717, 1.165) is 32.1 Å². The summed E-state index contributed by atoms with van der Waals surface area (Å²) in [6, 6.07) is 0.126. The Hall–Kier alpha value is -1.14. The summed E-state index contributed by atoms with van der Waals surface area (Å²) in [4.78, 5) is 22.5. The van der Waals surface area contributed by atoms with Gasteiger partial charge in [0, 0.05) is 23.5 Å². The van der Waals surface area contributed by atoms with Gasteiger partial charge < -0.3 is 15.6 Å². The predicted octanol–water partition coefficient (Wildman–Crippen LogP) is 1.13. The van der Waals surface area contributed by atoms with Crippen LogP contribution >= 0.6 is 0 Å². The number of hydroxylamine groups is 2. The smallest absolute Gasteiger partial charge is 0.303 e. The summed E-state index contributed by atoms with van der Waals surface area (Å²) >= 11 is 0. The molecule has 4 rings (SSSR count). The van der Waals surface area contributed by atoms with Gasteiger partial charge in [-0.25, -0.2) is 0 Å². The molecular weight excluding hydrogens is 260 g/mol. The SMILES string of the molecule is CC12CC3CC(CC(NC(=O)CCC(=O)O)(C3)C1)N2O. The van der Waals surface area contributed by atoms with Crippen LogP contribution in [0.5, 0.6) is 0 Å². The summed E-state index contributed by atoms with van der Waals surface area (Å²) in [5.74, 6) is -0.572. The van der Waals surface area contributed by atoms with E-state index >= 15 is 0 Å². The molecule has 2 aliphatic carbocycles. The van der Waals surface area contributed by atoms with E-state index in [0.29, 0.717) is 5.92 Å². The Morgan fingerprint density at radius 2 is 2.05 bits per heavy atom. The van der Waals surface area contributed by atoms with Crippen molar-refractivity contribution in [1.29, 1.82) is 0 Å². The number of hydrogen-bond donors (Lipinski definition) is 3. The minimum atomic E-state index is -0.945. The third kappa shape index (κ3) is 2.20. The first-order chi connectivity index (χ1) is 9.32. The molecule has 4 atom stereocenters. The van der Waals surface area contributed by atoms with Gasteiger partial charge in [-0.05, 0) is 44.9 Å². The fraction of sp³-hybridized carbons (Fsp3) is 0.857. The number of amides is 1. The zero-order chi connectivity index (χ0) is 14.5. The van der Waals surface area contributed by atoms with Crippen molar-refractivity contribution in [3.8, 4) is 0 Å². The number of carboxylic acid groups (broad SMARTS) is 1. The second-order valence-corrected chi connectivity index (χ2v) is 7.11. The molecule has 4 aliphatic rings. The molecule has 0 radical (unpaired) electrons. The molecular formula is C14H22N2O4. The van der Waals surface area contributed by atoms with Crippen molar-refractivity contribution in [3.05, 3.63) is 0 Å². The number of hydrogen-bond acceptors (Lipinski definition) is 4. The molecule has 2 aliphatic heterocycles. The Morgan fingerprint density at radius 3 is 2.70 bits per heavy atom. The fourth-order valence-corrected chi connectivity index (χ4v) is 4.89. The number of piperidine rings is 2. The normalized spacial score (nSPS) is 42.7. The summed E-state index contributed by atoms with van der Waals surface area (Å²) < 4.78 is 0. The van der Waals surface area contributed by atoms with Crippen molar-refractivity contribution in [1.82, 2.24) is 10.4 Å². The molecule has 4 fully saturated rings. The molecule has 2 heterocycles. The van der Waals surface area contributed by atoms with Crippen LogP contribution in [0, 0.1) is 5.92 Å². The maximum absolute atomic E-state index is 12.0. The lowest BCUT2D eigenvalue weighted by molar-refractivity contribution is -0.276. The van der Waals surface area contributed by atoms with Crippen LogP contribution in [0.2, 0.25) is 0 Å². The molecule has 0 aromatic heterocycles. The number of nitrogens with one attached hydrogen (secondary N) is 1. The number of aliphatic carboxylic acids is 1. The molecule has 112 valence electrons. The van der Waals surface area contributed by atoms with Crippen molar-refractivity contribution in [2.45, 2.75) is 69.0 Å². The molecule has 4 bridgehead atoms. The topological polar surface area (TPSA) is 89.9 Å². The third-order valence-corrected chi connectivity index (χ3v) is 5.23. The molecule has 2 saturated heterocycles. The van der Waals surface area contributed by atoms with E-state index in [4.69, 9.17) is 5.11 Å². The highest BCUT2D eigenvalue weighted by Gasteiger charge is 2.60. The van der Waals surface area contributed by atoms with Crippen LogP contribution in [0.1, 0.15) is 51.9 Å². The third-order valence-electron chi connectivity index (χ3n) is 5.23. The zero-order valence-electron chi connectivity index (χ0n) is 11.8. The van der Waals surface area contributed by atoms with Crippen molar-refractivity contribution in [2.24, 2.45) is 5.92 Å². The molecule has 1 amide bonds. The molecule has 0 aromatic carbocycles. The zero-order valence-corrected chi connectivity index (χ0v) is 11.8. The second kappa shape index (κ2) is 4.43. The van der Waals surface area contributed by atoms with Crippen LogP contribution in [0.4, 0.5) is 0 Å². The van der Waals surface area contributed by atoms with Crippen molar-refractivity contribution in [3.63, 3.8) is 0 Å². The quantitative estimate of drug-likeness (QED) is 0.719. The number of rotatable bonds is 4. The van der Waals surface area contributed by atoms with Gasteiger partial charge in [-0.1, -0.05) is 0 Å². The first-order valence-corrected chi connectivity index (χ1v) is 7.33. The van der Waals surface area contributed by atoms with Crippen molar-refractivity contribution in [2.75, 3.05) is 0 Å². The van der Waals surface area contributed by atoms with Gasteiger partial charge in [-0.15, -0.1) is 0 Å². The van der Waals surface area contributed by atoms with E-state index in [2.05, 4.69) is 12.2 Å². The molecule has 20 heavy (non-hydrogen) atoms. The van der Waals surface area contributed by atoms with Crippen LogP contribution in [0.15, 0.2) is 0 Å². The van der Waals surface area contributed by atoms with Crippen LogP contribution in [-0.4, -0.2) is 44.4 Å². The summed E-state index contributed by atoms with van der Waals surface area (Å²) in [6.45, 7) is 2.06. The minimum Gasteiger partial charge on any atom is -0.481 e. The number of carboxylic acids is 1. The van der Waals surface area contributed by atoms with E-state index in [9.17, 15) is 14.8 Å². The maximum atomic E-state index is 12.0. The first-order valence-electron chi connectivity index (χ1n) is 7.33. The molecule has 3 N–H and O–H groups in total. The van der Waals surface area contributed by atoms with E-state index in [1.807, 2.05) is 0 Å². The van der Waals surface area contributed by atoms with Crippen LogP contribution < -0.4 is 5.32 Å². The average molecular weight is 282 g/mol. The molecule has 0 spiro atoms. The molecule has 6 nitrogen and oxygen atoms in total. The fourth-order valence-electron chi connectivity index (χ4n) is 4.89. The van der Waals surface area contributed by atoms with E-state index < -0.39 is 5.97 Å². The Bertz CT molecular complexity index is 454. The lowest BCUT2D eigenvalue weighted by Crippen LogP contribution is -2.72. The van der Waals surface area contributed by atoms with Crippen molar-refractivity contribution >= 4 is 11.9 Å². The highest BCUT2D eigenvalue weighted by Crippen LogP contribution is 2.55. The van der Waals surface area contributed by atoms with Crippen molar-refractivity contribution < 1.29 is 19.9 Å². The highest BCUT2D eigenvalue weighted by atomic mass is 16.5. The van der Waals surface area contributed by atoms with E-state index in [1.54, 1.807) is 0 Å². The second-order valence-electron chi connectivity index (χ2n) is 7.11. The standard InChI is InChI=1S/C14H22N2O4/c1-13-5-9-4-10(16(13)20)7-14(6-9,8-13)15-11(17)2-3-12(18)19/h9-10,20H,2-8H2,1H3,(H,15,17)(H,18,19). The Labute approximate surface area is 118 Å². The molecule has 6 heteroatoms. The van der Waals surface area contributed by atoms with Crippen LogP contribution in [0.25, 0.3) is 0 Å². The Morgan fingerprint density at radius 1 is 1.30 bits per heavy atom. The Balaban J connectivity index is 1.70. The van der Waals surface area contributed by atoms with Gasteiger partial charge in [-0.3, -0.25) is 9.59 Å². The maximum Gasteiger partial charge on any atom is 0.303 e. The molecule has 0 aromatic rings.